The van der Waals surface area contributed by atoms with Crippen LogP contribution in [-0.4, -0.2) is 26.2 Å². The van der Waals surface area contributed by atoms with Crippen molar-refractivity contribution in [3.05, 3.63) is 28.8 Å². The average Bonchev–Trinajstić information content (AvgIpc) is 2.32. The van der Waals surface area contributed by atoms with Crippen LogP contribution in [0.4, 0.5) is 13.2 Å². The summed E-state index contributed by atoms with van der Waals surface area (Å²) in [5, 5.41) is 8.55. The van der Waals surface area contributed by atoms with Gasteiger partial charge in [-0.2, -0.15) is 13.2 Å². The summed E-state index contributed by atoms with van der Waals surface area (Å²) in [5.74, 6) is 0.00385. The Bertz CT molecular complexity index is 627. The Labute approximate surface area is 125 Å². The molecule has 21 heavy (non-hydrogen) atoms. The van der Waals surface area contributed by atoms with Crippen LogP contribution in [0, 0.1) is 5.92 Å². The molecule has 0 bridgehead atoms. The third-order valence-electron chi connectivity index (χ3n) is 3.33. The van der Waals surface area contributed by atoms with Gasteiger partial charge in [0.25, 0.3) is 0 Å². The smallest absolute Gasteiger partial charge is 0.393 e. The fraction of sp³-hybridized carbons (Fsp3) is 0.500. The average molecular weight is 344 g/mol. The van der Waals surface area contributed by atoms with E-state index >= 15 is 0 Å². The summed E-state index contributed by atoms with van der Waals surface area (Å²) < 4.78 is 64.3. The number of rotatable bonds is 4. The van der Waals surface area contributed by atoms with Crippen molar-refractivity contribution >= 4 is 21.6 Å². The van der Waals surface area contributed by atoms with E-state index in [1.54, 1.807) is 0 Å². The van der Waals surface area contributed by atoms with Crippen LogP contribution in [-0.2, 0) is 16.2 Å². The molecule has 1 aromatic carbocycles. The van der Waals surface area contributed by atoms with E-state index in [1.807, 2.05) is 0 Å². The van der Waals surface area contributed by atoms with Gasteiger partial charge in [-0.25, -0.2) is 13.1 Å². The Morgan fingerprint density at radius 2 is 1.95 bits per heavy atom. The van der Waals surface area contributed by atoms with E-state index < -0.39 is 37.8 Å². The highest BCUT2D eigenvalue weighted by atomic mass is 35.5. The number of hydrogen-bond donors (Lipinski definition) is 2. The Hall–Kier alpha value is -0.830. The molecule has 0 spiro atoms. The van der Waals surface area contributed by atoms with Gasteiger partial charge in [-0.3, -0.25) is 0 Å². The monoisotopic (exact) mass is 343 g/mol. The molecule has 1 aliphatic rings. The predicted octanol–water partition coefficient (Wildman–Crippen LogP) is 2.41. The molecule has 1 saturated carbocycles. The second kappa shape index (κ2) is 5.75. The van der Waals surface area contributed by atoms with Crippen LogP contribution in [0.3, 0.4) is 0 Å². The normalized spacial score (nSPS) is 22.9. The number of hydrogen-bond acceptors (Lipinski definition) is 3. The van der Waals surface area contributed by atoms with Gasteiger partial charge in [-0.05, 0) is 37.0 Å². The maximum Gasteiger partial charge on any atom is 0.417 e. The van der Waals surface area contributed by atoms with E-state index in [1.165, 1.54) is 0 Å². The second-order valence-electron chi connectivity index (χ2n) is 4.98. The summed E-state index contributed by atoms with van der Waals surface area (Å²) in [6, 6.07) is 2.45. The van der Waals surface area contributed by atoms with Crippen molar-refractivity contribution in [1.82, 2.24) is 4.72 Å². The summed E-state index contributed by atoms with van der Waals surface area (Å²) in [6.45, 7) is 0.0867. The van der Waals surface area contributed by atoms with Crippen LogP contribution in [0.15, 0.2) is 23.1 Å². The molecule has 1 aromatic rings. The number of sulfonamides is 1. The van der Waals surface area contributed by atoms with Crippen LogP contribution < -0.4 is 4.72 Å². The van der Waals surface area contributed by atoms with Gasteiger partial charge < -0.3 is 5.11 Å². The molecule has 0 aromatic heterocycles. The number of alkyl halides is 3. The summed E-state index contributed by atoms with van der Waals surface area (Å²) in [5.41, 5.74) is -1.19. The van der Waals surface area contributed by atoms with Crippen LogP contribution in [0.2, 0.25) is 5.02 Å². The van der Waals surface area contributed by atoms with Gasteiger partial charge in [0.05, 0.1) is 21.6 Å². The van der Waals surface area contributed by atoms with E-state index in [0.717, 1.165) is 12.1 Å². The first-order chi connectivity index (χ1) is 9.59. The van der Waals surface area contributed by atoms with Gasteiger partial charge in [0.15, 0.2) is 0 Å². The number of benzene rings is 1. The first-order valence-corrected chi connectivity index (χ1v) is 8.00. The highest BCUT2D eigenvalue weighted by molar-refractivity contribution is 7.89. The van der Waals surface area contributed by atoms with Gasteiger partial charge in [-0.1, -0.05) is 11.6 Å². The van der Waals surface area contributed by atoms with Crippen molar-refractivity contribution in [1.29, 1.82) is 0 Å². The Morgan fingerprint density at radius 1 is 1.33 bits per heavy atom. The summed E-state index contributed by atoms with van der Waals surface area (Å²) in [4.78, 5) is -0.487. The van der Waals surface area contributed by atoms with Crippen molar-refractivity contribution in [2.45, 2.75) is 30.0 Å². The lowest BCUT2D eigenvalue weighted by atomic mass is 9.83. The number of aliphatic hydroxyl groups excluding tert-OH is 1. The molecule has 0 heterocycles. The molecule has 9 heteroatoms. The molecule has 4 nitrogen and oxygen atoms in total. The lowest BCUT2D eigenvalue weighted by Crippen LogP contribution is -2.38. The zero-order valence-corrected chi connectivity index (χ0v) is 12.3. The molecule has 2 rings (SSSR count). The van der Waals surface area contributed by atoms with E-state index in [-0.39, 0.29) is 12.5 Å². The summed E-state index contributed by atoms with van der Waals surface area (Å²) in [6.07, 6.45) is -4.18. The SMILES string of the molecule is O=S(=O)(NCC1CC(O)C1)c1ccc(Cl)c(C(F)(F)F)c1. The van der Waals surface area contributed by atoms with Gasteiger partial charge in [0.1, 0.15) is 0 Å². The fourth-order valence-corrected chi connectivity index (χ4v) is 3.43. The van der Waals surface area contributed by atoms with Gasteiger partial charge >= 0.3 is 6.18 Å². The van der Waals surface area contributed by atoms with Crippen LogP contribution >= 0.6 is 11.6 Å². The minimum Gasteiger partial charge on any atom is -0.393 e. The Balaban J connectivity index is 2.16. The molecule has 0 unspecified atom stereocenters. The summed E-state index contributed by atoms with van der Waals surface area (Å²) in [7, 11) is -4.04. The third kappa shape index (κ3) is 3.88. The van der Waals surface area contributed by atoms with E-state index in [9.17, 15) is 21.6 Å². The van der Waals surface area contributed by atoms with Crippen molar-refractivity contribution in [2.24, 2.45) is 5.92 Å². The molecule has 1 fully saturated rings. The second-order valence-corrected chi connectivity index (χ2v) is 7.16. The Morgan fingerprint density at radius 3 is 2.48 bits per heavy atom. The molecule has 0 radical (unpaired) electrons. The van der Waals surface area contributed by atoms with Crippen molar-refractivity contribution in [3.63, 3.8) is 0 Å². The van der Waals surface area contributed by atoms with Crippen LogP contribution in [0.5, 0.6) is 0 Å². The van der Waals surface area contributed by atoms with Crippen molar-refractivity contribution in [2.75, 3.05) is 6.54 Å². The van der Waals surface area contributed by atoms with Gasteiger partial charge in [0, 0.05) is 6.54 Å². The molecular weight excluding hydrogens is 331 g/mol. The van der Waals surface area contributed by atoms with E-state index in [2.05, 4.69) is 4.72 Å². The maximum atomic E-state index is 12.7. The highest BCUT2D eigenvalue weighted by Gasteiger charge is 2.35. The number of aliphatic hydroxyl groups is 1. The lowest BCUT2D eigenvalue weighted by molar-refractivity contribution is -0.137. The fourth-order valence-electron chi connectivity index (χ4n) is 2.07. The Kier molecular flexibility index (Phi) is 4.53. The molecule has 118 valence electrons. The zero-order valence-electron chi connectivity index (χ0n) is 10.7. The van der Waals surface area contributed by atoms with Gasteiger partial charge in [0.2, 0.25) is 10.0 Å². The minimum atomic E-state index is -4.72. The van der Waals surface area contributed by atoms with Gasteiger partial charge in [-0.15, -0.1) is 0 Å². The maximum absolute atomic E-state index is 12.7. The molecule has 1 aliphatic carbocycles. The molecule has 0 saturated heterocycles. The van der Waals surface area contributed by atoms with Crippen molar-refractivity contribution in [3.8, 4) is 0 Å². The molecular formula is C12H13ClF3NO3S. The zero-order chi connectivity index (χ0) is 15.8. The quantitative estimate of drug-likeness (QED) is 0.882. The molecule has 0 atom stereocenters. The number of halogens is 4. The number of nitrogens with one attached hydrogen (secondary N) is 1. The highest BCUT2D eigenvalue weighted by Crippen LogP contribution is 2.36. The third-order valence-corrected chi connectivity index (χ3v) is 5.08. The molecule has 2 N–H and O–H groups in total. The molecule has 0 amide bonds. The summed E-state index contributed by atoms with van der Waals surface area (Å²) >= 11 is 5.44. The van der Waals surface area contributed by atoms with Crippen molar-refractivity contribution < 1.29 is 26.7 Å². The first kappa shape index (κ1) is 16.5. The predicted molar refractivity (Wildman–Crippen MR) is 70.4 cm³/mol. The standard InChI is InChI=1S/C12H13ClF3NO3S/c13-11-2-1-9(5-10(11)12(14,15)16)21(19,20)17-6-7-3-8(18)4-7/h1-2,5,7-8,17-18H,3-4,6H2. The van der Waals surface area contributed by atoms with E-state index in [4.69, 9.17) is 16.7 Å². The minimum absolute atomic E-state index is 0.00385. The van der Waals surface area contributed by atoms with Crippen LogP contribution in [0.1, 0.15) is 18.4 Å². The first-order valence-electron chi connectivity index (χ1n) is 6.14. The molecule has 0 aliphatic heterocycles. The lowest BCUT2D eigenvalue weighted by Gasteiger charge is -2.31. The van der Waals surface area contributed by atoms with Crippen LogP contribution in [0.25, 0.3) is 0 Å². The van der Waals surface area contributed by atoms with E-state index in [0.29, 0.717) is 18.9 Å². The topological polar surface area (TPSA) is 66.4 Å². The largest absolute Gasteiger partial charge is 0.417 e.